The van der Waals surface area contributed by atoms with Crippen LogP contribution in [0, 0.1) is 5.92 Å². The highest BCUT2D eigenvalue weighted by Gasteiger charge is 2.39. The van der Waals surface area contributed by atoms with Crippen LogP contribution in [-0.2, 0) is 28.0 Å². The zero-order valence-electron chi connectivity index (χ0n) is 19.9. The van der Waals surface area contributed by atoms with Gasteiger partial charge in [0.05, 0.1) is 6.54 Å². The fourth-order valence-electron chi connectivity index (χ4n) is 4.72. The maximum atomic E-state index is 13.6. The zero-order chi connectivity index (χ0) is 24.0. The van der Waals surface area contributed by atoms with Crippen LogP contribution < -0.4 is 5.32 Å². The first-order valence-corrected chi connectivity index (χ1v) is 12.0. The van der Waals surface area contributed by atoms with Crippen LogP contribution in [0.4, 0.5) is 0 Å². The number of carbonyl (C=O) groups excluding carboxylic acids is 2. The summed E-state index contributed by atoms with van der Waals surface area (Å²) in [4.78, 5) is 32.1. The minimum Gasteiger partial charge on any atom is -0.344 e. The molecule has 3 aromatic rings. The summed E-state index contributed by atoms with van der Waals surface area (Å²) in [5.41, 5.74) is 2.17. The average Bonchev–Trinajstić information content (AvgIpc) is 3.37. The Labute approximate surface area is 201 Å². The van der Waals surface area contributed by atoms with E-state index in [2.05, 4.69) is 39.7 Å². The summed E-state index contributed by atoms with van der Waals surface area (Å²) in [5, 5.41) is 7.34. The van der Waals surface area contributed by atoms with E-state index in [1.165, 1.54) is 5.56 Å². The third-order valence-corrected chi connectivity index (χ3v) is 6.77. The van der Waals surface area contributed by atoms with E-state index in [0.717, 1.165) is 24.9 Å². The van der Waals surface area contributed by atoms with Crippen LogP contribution in [0.5, 0.6) is 0 Å². The van der Waals surface area contributed by atoms with Crippen LogP contribution in [0.2, 0.25) is 0 Å². The summed E-state index contributed by atoms with van der Waals surface area (Å²) in [6.45, 7) is 5.67. The molecule has 7 nitrogen and oxygen atoms in total. The van der Waals surface area contributed by atoms with E-state index < -0.39 is 6.04 Å². The van der Waals surface area contributed by atoms with Gasteiger partial charge in [-0.1, -0.05) is 74.5 Å². The molecule has 1 aliphatic heterocycles. The van der Waals surface area contributed by atoms with E-state index in [0.29, 0.717) is 19.5 Å². The predicted octanol–water partition coefficient (Wildman–Crippen LogP) is 3.22. The fourth-order valence-corrected chi connectivity index (χ4v) is 4.72. The molecule has 0 aliphatic carbocycles. The predicted molar refractivity (Wildman–Crippen MR) is 131 cm³/mol. The van der Waals surface area contributed by atoms with Gasteiger partial charge in [-0.2, -0.15) is 5.10 Å². The fraction of sp³-hybridized carbons (Fsp3) is 0.407. The van der Waals surface area contributed by atoms with Crippen LogP contribution in [0.3, 0.4) is 0 Å². The minimum atomic E-state index is -0.572. The number of aromatic nitrogens is 3. The van der Waals surface area contributed by atoms with E-state index in [-0.39, 0.29) is 23.1 Å². The Morgan fingerprint density at radius 2 is 1.65 bits per heavy atom. The number of hydrogen-bond acceptors (Lipinski definition) is 4. The van der Waals surface area contributed by atoms with Crippen molar-refractivity contribution in [3.8, 4) is 0 Å². The van der Waals surface area contributed by atoms with Gasteiger partial charge in [-0.05, 0) is 24.0 Å². The van der Waals surface area contributed by atoms with Crippen molar-refractivity contribution in [2.24, 2.45) is 5.92 Å². The Balaban J connectivity index is 1.51. The standard InChI is InChI=1S/C27H33N5O2/c1-21(2)25(33)30-24(17-22-9-5-3-6-10-22)26(34)31-15-13-27(14-16-31,18-32-20-28-19-29-32)23-11-7-4-8-12-23/h3-12,19-21,24H,13-18H2,1-2H3,(H,30,33). The number of benzene rings is 2. The van der Waals surface area contributed by atoms with Crippen molar-refractivity contribution in [2.45, 2.75) is 51.1 Å². The van der Waals surface area contributed by atoms with Gasteiger partial charge in [0.25, 0.3) is 0 Å². The van der Waals surface area contributed by atoms with Crippen LogP contribution >= 0.6 is 0 Å². The molecule has 1 N–H and O–H groups in total. The van der Waals surface area contributed by atoms with Gasteiger partial charge in [-0.15, -0.1) is 0 Å². The first-order chi connectivity index (χ1) is 16.5. The Morgan fingerprint density at radius 3 is 2.24 bits per heavy atom. The number of likely N-dealkylation sites (tertiary alicyclic amines) is 1. The molecule has 34 heavy (non-hydrogen) atoms. The summed E-state index contributed by atoms with van der Waals surface area (Å²) >= 11 is 0. The third-order valence-electron chi connectivity index (χ3n) is 6.77. The Hall–Kier alpha value is -3.48. The Kier molecular flexibility index (Phi) is 7.40. The monoisotopic (exact) mass is 459 g/mol. The molecule has 1 atom stereocenters. The number of rotatable bonds is 8. The average molecular weight is 460 g/mol. The first-order valence-electron chi connectivity index (χ1n) is 12.0. The second kappa shape index (κ2) is 10.6. The molecule has 1 aliphatic rings. The maximum Gasteiger partial charge on any atom is 0.245 e. The van der Waals surface area contributed by atoms with Gasteiger partial charge < -0.3 is 10.2 Å². The van der Waals surface area contributed by atoms with Crippen LogP contribution in [0.1, 0.15) is 37.8 Å². The molecule has 4 rings (SSSR count). The topological polar surface area (TPSA) is 80.1 Å². The summed E-state index contributed by atoms with van der Waals surface area (Å²) in [7, 11) is 0. The van der Waals surface area contributed by atoms with Crippen molar-refractivity contribution in [1.82, 2.24) is 25.0 Å². The SMILES string of the molecule is CC(C)C(=O)NC(Cc1ccccc1)C(=O)N1CCC(Cn2cncn2)(c2ccccc2)CC1. The minimum absolute atomic E-state index is 0.0136. The molecular formula is C27H33N5O2. The van der Waals surface area contributed by atoms with E-state index in [4.69, 9.17) is 0 Å². The molecule has 2 amide bonds. The van der Waals surface area contributed by atoms with Crippen molar-refractivity contribution in [3.05, 3.63) is 84.4 Å². The van der Waals surface area contributed by atoms with Gasteiger partial charge in [0, 0.05) is 30.8 Å². The molecule has 0 saturated carbocycles. The summed E-state index contributed by atoms with van der Waals surface area (Å²) in [5.74, 6) is -0.294. The molecule has 7 heteroatoms. The van der Waals surface area contributed by atoms with Gasteiger partial charge >= 0.3 is 0 Å². The van der Waals surface area contributed by atoms with Gasteiger partial charge in [0.2, 0.25) is 11.8 Å². The largest absolute Gasteiger partial charge is 0.344 e. The van der Waals surface area contributed by atoms with Crippen molar-refractivity contribution in [1.29, 1.82) is 0 Å². The van der Waals surface area contributed by atoms with Crippen LogP contribution in [-0.4, -0.2) is 50.6 Å². The molecular weight excluding hydrogens is 426 g/mol. The molecule has 0 radical (unpaired) electrons. The smallest absolute Gasteiger partial charge is 0.245 e. The molecule has 1 fully saturated rings. The van der Waals surface area contributed by atoms with Crippen molar-refractivity contribution in [2.75, 3.05) is 13.1 Å². The first kappa shape index (κ1) is 23.7. The van der Waals surface area contributed by atoms with E-state index in [1.807, 2.05) is 59.8 Å². The highest BCUT2D eigenvalue weighted by Crippen LogP contribution is 2.37. The highest BCUT2D eigenvalue weighted by atomic mass is 16.2. The lowest BCUT2D eigenvalue weighted by molar-refractivity contribution is -0.138. The zero-order valence-corrected chi connectivity index (χ0v) is 19.9. The summed E-state index contributed by atoms with van der Waals surface area (Å²) in [6.07, 6.45) is 5.43. The molecule has 0 bridgehead atoms. The molecule has 1 saturated heterocycles. The number of carbonyl (C=O) groups is 2. The molecule has 178 valence electrons. The van der Waals surface area contributed by atoms with Gasteiger partial charge in [0.15, 0.2) is 0 Å². The summed E-state index contributed by atoms with van der Waals surface area (Å²) < 4.78 is 1.88. The number of nitrogens with zero attached hydrogens (tertiary/aromatic N) is 4. The van der Waals surface area contributed by atoms with Crippen molar-refractivity contribution in [3.63, 3.8) is 0 Å². The van der Waals surface area contributed by atoms with Gasteiger partial charge in [0.1, 0.15) is 18.7 Å². The maximum absolute atomic E-state index is 13.6. The van der Waals surface area contributed by atoms with Gasteiger partial charge in [-0.25, -0.2) is 4.98 Å². The van der Waals surface area contributed by atoms with E-state index >= 15 is 0 Å². The second-order valence-electron chi connectivity index (χ2n) is 9.47. The third kappa shape index (κ3) is 5.53. The number of hydrogen-bond donors (Lipinski definition) is 1. The normalized spacial score (nSPS) is 16.3. The van der Waals surface area contributed by atoms with Gasteiger partial charge in [-0.3, -0.25) is 14.3 Å². The highest BCUT2D eigenvalue weighted by molar-refractivity contribution is 5.88. The molecule has 1 unspecified atom stereocenters. The second-order valence-corrected chi connectivity index (χ2v) is 9.47. The van der Waals surface area contributed by atoms with Crippen LogP contribution in [0.25, 0.3) is 0 Å². The quantitative estimate of drug-likeness (QED) is 0.561. The molecule has 2 aromatic carbocycles. The molecule has 0 spiro atoms. The lowest BCUT2D eigenvalue weighted by atomic mass is 9.72. The van der Waals surface area contributed by atoms with Crippen LogP contribution in [0.15, 0.2) is 73.3 Å². The van der Waals surface area contributed by atoms with Crippen molar-refractivity contribution < 1.29 is 9.59 Å². The molecule has 2 heterocycles. The van der Waals surface area contributed by atoms with E-state index in [1.54, 1.807) is 12.7 Å². The number of amides is 2. The lowest BCUT2D eigenvalue weighted by Gasteiger charge is -2.43. The number of nitrogens with one attached hydrogen (secondary N) is 1. The Bertz CT molecular complexity index is 1060. The van der Waals surface area contributed by atoms with Crippen molar-refractivity contribution >= 4 is 11.8 Å². The molecule has 1 aromatic heterocycles. The van der Waals surface area contributed by atoms with E-state index in [9.17, 15) is 9.59 Å². The summed E-state index contributed by atoms with van der Waals surface area (Å²) in [6, 6.07) is 19.8. The lowest BCUT2D eigenvalue weighted by Crippen LogP contribution is -2.54. The Morgan fingerprint density at radius 1 is 1.00 bits per heavy atom. The number of piperidine rings is 1.